The van der Waals surface area contributed by atoms with Gasteiger partial charge in [0.25, 0.3) is 0 Å². The van der Waals surface area contributed by atoms with Gasteiger partial charge in [0.15, 0.2) is 0 Å². The summed E-state index contributed by atoms with van der Waals surface area (Å²) in [6.07, 6.45) is 0. The molecular weight excluding hydrogens is 244 g/mol. The Morgan fingerprint density at radius 3 is 1.89 bits per heavy atom. The van der Waals surface area contributed by atoms with Crippen molar-refractivity contribution < 1.29 is 19.1 Å². The zero-order valence-electron chi connectivity index (χ0n) is 11.4. The molecule has 0 heterocycles. The quantitative estimate of drug-likeness (QED) is 0.476. The number of hydrogen-bond donors (Lipinski definition) is 0. The largest absolute Gasteiger partial charge is 0.465 e. The minimum absolute atomic E-state index is 0.332. The van der Waals surface area contributed by atoms with Crippen LogP contribution >= 0.6 is 0 Å². The van der Waals surface area contributed by atoms with E-state index in [0.29, 0.717) is 16.7 Å². The smallest absolute Gasteiger partial charge is 0.346 e. The zero-order chi connectivity index (χ0) is 14.4. The Labute approximate surface area is 112 Å². The third kappa shape index (κ3) is 3.83. The highest BCUT2D eigenvalue weighted by Gasteiger charge is 2.13. The molecule has 1 aromatic rings. The molecule has 4 nitrogen and oxygen atoms in total. The lowest BCUT2D eigenvalue weighted by molar-refractivity contribution is -0.133. The molecule has 0 radical (unpaired) electrons. The molecule has 0 fully saturated rings. The van der Waals surface area contributed by atoms with Gasteiger partial charge < -0.3 is 9.47 Å². The SMILES string of the molecule is COC(=O)C(=C=C(C)C)c1ccc(C(=O)OC)cc1. The molecule has 100 valence electrons. The van der Waals surface area contributed by atoms with E-state index in [0.717, 1.165) is 5.57 Å². The summed E-state index contributed by atoms with van der Waals surface area (Å²) in [5.74, 6) is -0.885. The van der Waals surface area contributed by atoms with Crippen LogP contribution in [0, 0.1) is 0 Å². The van der Waals surface area contributed by atoms with Crippen LogP contribution in [0.2, 0.25) is 0 Å². The summed E-state index contributed by atoms with van der Waals surface area (Å²) >= 11 is 0. The van der Waals surface area contributed by atoms with Gasteiger partial charge in [0.2, 0.25) is 0 Å². The number of methoxy groups -OCH3 is 2. The topological polar surface area (TPSA) is 52.6 Å². The molecule has 0 atom stereocenters. The van der Waals surface area contributed by atoms with Crippen molar-refractivity contribution in [2.75, 3.05) is 14.2 Å². The van der Waals surface area contributed by atoms with E-state index in [2.05, 4.69) is 10.5 Å². The maximum atomic E-state index is 11.7. The monoisotopic (exact) mass is 260 g/mol. The second-order valence-electron chi connectivity index (χ2n) is 4.06. The van der Waals surface area contributed by atoms with Gasteiger partial charge >= 0.3 is 11.9 Å². The predicted molar refractivity (Wildman–Crippen MR) is 71.6 cm³/mol. The highest BCUT2D eigenvalue weighted by molar-refractivity contribution is 6.16. The second-order valence-corrected chi connectivity index (χ2v) is 4.06. The average molecular weight is 260 g/mol. The molecule has 0 saturated carbocycles. The van der Waals surface area contributed by atoms with E-state index in [4.69, 9.17) is 4.74 Å². The zero-order valence-corrected chi connectivity index (χ0v) is 11.4. The Morgan fingerprint density at radius 1 is 0.947 bits per heavy atom. The van der Waals surface area contributed by atoms with Gasteiger partial charge in [-0.15, -0.1) is 5.73 Å². The lowest BCUT2D eigenvalue weighted by Crippen LogP contribution is -2.05. The number of hydrogen-bond acceptors (Lipinski definition) is 4. The van der Waals surface area contributed by atoms with Crippen LogP contribution in [-0.4, -0.2) is 26.2 Å². The molecule has 19 heavy (non-hydrogen) atoms. The first-order valence-corrected chi connectivity index (χ1v) is 5.70. The summed E-state index contributed by atoms with van der Waals surface area (Å²) in [6, 6.07) is 6.51. The van der Waals surface area contributed by atoms with Crippen LogP contribution in [0.5, 0.6) is 0 Å². The molecule has 0 amide bonds. The van der Waals surface area contributed by atoms with Crippen LogP contribution in [-0.2, 0) is 14.3 Å². The molecule has 0 unspecified atom stereocenters. The van der Waals surface area contributed by atoms with E-state index in [1.807, 2.05) is 13.8 Å². The number of carbonyl (C=O) groups is 2. The summed E-state index contributed by atoms with van der Waals surface area (Å²) in [4.78, 5) is 23.0. The van der Waals surface area contributed by atoms with Crippen molar-refractivity contribution in [2.24, 2.45) is 0 Å². The van der Waals surface area contributed by atoms with Gasteiger partial charge in [0, 0.05) is 0 Å². The van der Waals surface area contributed by atoms with Crippen molar-refractivity contribution in [3.05, 3.63) is 46.7 Å². The second kappa shape index (κ2) is 6.57. The van der Waals surface area contributed by atoms with E-state index in [-0.39, 0.29) is 0 Å². The van der Waals surface area contributed by atoms with Gasteiger partial charge in [0.05, 0.1) is 19.8 Å². The first-order valence-electron chi connectivity index (χ1n) is 5.70. The van der Waals surface area contributed by atoms with E-state index in [1.165, 1.54) is 14.2 Å². The molecule has 1 rings (SSSR count). The molecule has 0 bridgehead atoms. The summed E-state index contributed by atoms with van der Waals surface area (Å²) in [5.41, 5.74) is 5.21. The average Bonchev–Trinajstić information content (AvgIpc) is 2.43. The summed E-state index contributed by atoms with van der Waals surface area (Å²) in [5, 5.41) is 0. The first-order chi connectivity index (χ1) is 8.99. The van der Waals surface area contributed by atoms with Gasteiger partial charge in [-0.05, 0) is 37.1 Å². The number of ether oxygens (including phenoxy) is 2. The number of carbonyl (C=O) groups excluding carboxylic acids is 2. The standard InChI is InChI=1S/C15H16O4/c1-10(2)9-13(15(17)19-4)11-5-7-12(8-6-11)14(16)18-3/h5-8H,1-4H3. The Kier molecular flexibility index (Phi) is 5.10. The molecular formula is C15H16O4. The molecule has 0 spiro atoms. The third-order valence-corrected chi connectivity index (χ3v) is 2.36. The minimum Gasteiger partial charge on any atom is -0.465 e. The Bertz CT molecular complexity index is 542. The molecule has 0 aliphatic rings. The van der Waals surface area contributed by atoms with Crippen LogP contribution in [0.3, 0.4) is 0 Å². The maximum Gasteiger partial charge on any atom is 0.346 e. The molecule has 0 N–H and O–H groups in total. The van der Waals surface area contributed by atoms with E-state index < -0.39 is 11.9 Å². The fourth-order valence-electron chi connectivity index (χ4n) is 1.48. The fraction of sp³-hybridized carbons (Fsp3) is 0.267. The Balaban J connectivity index is 3.24. The summed E-state index contributed by atoms with van der Waals surface area (Å²) < 4.78 is 9.34. The summed E-state index contributed by atoms with van der Waals surface area (Å²) in [6.45, 7) is 3.68. The lowest BCUT2D eigenvalue weighted by Gasteiger charge is -2.04. The van der Waals surface area contributed by atoms with Gasteiger partial charge in [0.1, 0.15) is 5.57 Å². The van der Waals surface area contributed by atoms with E-state index >= 15 is 0 Å². The molecule has 4 heteroatoms. The number of esters is 2. The molecule has 0 aliphatic heterocycles. The van der Waals surface area contributed by atoms with Crippen molar-refractivity contribution in [1.82, 2.24) is 0 Å². The molecule has 1 aromatic carbocycles. The van der Waals surface area contributed by atoms with Gasteiger partial charge in [-0.25, -0.2) is 9.59 Å². The highest BCUT2D eigenvalue weighted by atomic mass is 16.5. The van der Waals surface area contributed by atoms with Crippen molar-refractivity contribution in [2.45, 2.75) is 13.8 Å². The Hall–Kier alpha value is -2.32. The van der Waals surface area contributed by atoms with Crippen LogP contribution in [0.1, 0.15) is 29.8 Å². The first kappa shape index (κ1) is 14.7. The predicted octanol–water partition coefficient (Wildman–Crippen LogP) is 2.59. The maximum absolute atomic E-state index is 11.7. The van der Waals surface area contributed by atoms with E-state index in [1.54, 1.807) is 24.3 Å². The van der Waals surface area contributed by atoms with Crippen molar-refractivity contribution in [1.29, 1.82) is 0 Å². The van der Waals surface area contributed by atoms with Crippen LogP contribution < -0.4 is 0 Å². The van der Waals surface area contributed by atoms with Crippen LogP contribution in [0.4, 0.5) is 0 Å². The number of rotatable bonds is 3. The fourth-order valence-corrected chi connectivity index (χ4v) is 1.48. The van der Waals surface area contributed by atoms with Crippen molar-refractivity contribution in [3.63, 3.8) is 0 Å². The lowest BCUT2D eigenvalue weighted by atomic mass is 10.0. The third-order valence-electron chi connectivity index (χ3n) is 2.36. The summed E-state index contributed by atoms with van der Waals surface area (Å²) in [7, 11) is 2.64. The van der Waals surface area contributed by atoms with Gasteiger partial charge in [-0.2, -0.15) is 0 Å². The van der Waals surface area contributed by atoms with Crippen LogP contribution in [0.15, 0.2) is 35.6 Å². The van der Waals surface area contributed by atoms with Crippen molar-refractivity contribution in [3.8, 4) is 0 Å². The number of benzene rings is 1. The Morgan fingerprint density at radius 2 is 1.47 bits per heavy atom. The highest BCUT2D eigenvalue weighted by Crippen LogP contribution is 2.17. The molecule has 0 aromatic heterocycles. The van der Waals surface area contributed by atoms with E-state index in [9.17, 15) is 9.59 Å². The normalized spacial score (nSPS) is 9.26. The van der Waals surface area contributed by atoms with Crippen molar-refractivity contribution >= 4 is 17.5 Å². The molecule has 0 aliphatic carbocycles. The van der Waals surface area contributed by atoms with Gasteiger partial charge in [-0.3, -0.25) is 0 Å². The molecule has 0 saturated heterocycles. The van der Waals surface area contributed by atoms with Crippen LogP contribution in [0.25, 0.3) is 5.57 Å². The van der Waals surface area contributed by atoms with Gasteiger partial charge in [-0.1, -0.05) is 12.1 Å². The minimum atomic E-state index is -0.466.